The third kappa shape index (κ3) is 1.78. The van der Waals surface area contributed by atoms with Crippen LogP contribution >= 0.6 is 0 Å². The van der Waals surface area contributed by atoms with Crippen molar-refractivity contribution in [3.63, 3.8) is 0 Å². The lowest BCUT2D eigenvalue weighted by Gasteiger charge is -2.32. The molecule has 2 heterocycles. The molecule has 16 heavy (non-hydrogen) atoms. The molecule has 1 aromatic rings. The Balaban J connectivity index is 1.77. The predicted molar refractivity (Wildman–Crippen MR) is 61.2 cm³/mol. The maximum absolute atomic E-state index is 5.90. The third-order valence-electron chi connectivity index (χ3n) is 3.01. The van der Waals surface area contributed by atoms with Crippen LogP contribution in [0.5, 0.6) is 5.75 Å². The van der Waals surface area contributed by atoms with Gasteiger partial charge in [-0.3, -0.25) is 0 Å². The van der Waals surface area contributed by atoms with E-state index in [-0.39, 0.29) is 0 Å². The molecule has 0 saturated carbocycles. The van der Waals surface area contributed by atoms with Crippen molar-refractivity contribution >= 4 is 0 Å². The van der Waals surface area contributed by atoms with E-state index < -0.39 is 0 Å². The molecule has 0 bridgehead atoms. The summed E-state index contributed by atoms with van der Waals surface area (Å²) >= 11 is 0. The molecule has 1 fully saturated rings. The second-order valence-corrected chi connectivity index (χ2v) is 4.06. The van der Waals surface area contributed by atoms with Crippen LogP contribution in [0.3, 0.4) is 0 Å². The summed E-state index contributed by atoms with van der Waals surface area (Å²) in [7, 11) is 0. The zero-order chi connectivity index (χ0) is 10.8. The van der Waals surface area contributed by atoms with Gasteiger partial charge in [-0.05, 0) is 24.1 Å². The number of rotatable bonds is 1. The maximum Gasteiger partial charge on any atom is 0.192 e. The summed E-state index contributed by atoms with van der Waals surface area (Å²) in [6.07, 6.45) is 3.12. The smallest absolute Gasteiger partial charge is 0.192 e. The highest BCUT2D eigenvalue weighted by Gasteiger charge is 2.19. The Labute approximate surface area is 95.3 Å². The molecule has 2 aliphatic rings. The standard InChI is InChI=1S/C13H15NO2/c1-2-4-12-11(3-1)5-6-13(16-12)14-7-9-15-10-8-14/h1-4,6H,5,7-10H2. The predicted octanol–water partition coefficient (Wildman–Crippen LogP) is 1.80. The highest BCUT2D eigenvalue weighted by molar-refractivity contribution is 5.38. The molecule has 1 saturated heterocycles. The summed E-state index contributed by atoms with van der Waals surface area (Å²) < 4.78 is 11.2. The first-order valence-electron chi connectivity index (χ1n) is 5.72. The minimum atomic E-state index is 0.794. The molecule has 0 unspecified atom stereocenters. The number of nitrogens with zero attached hydrogens (tertiary/aromatic N) is 1. The van der Waals surface area contributed by atoms with Gasteiger partial charge in [-0.1, -0.05) is 18.2 Å². The minimum Gasteiger partial charge on any atom is -0.441 e. The van der Waals surface area contributed by atoms with Crippen molar-refractivity contribution in [2.75, 3.05) is 26.3 Å². The number of morpholine rings is 1. The van der Waals surface area contributed by atoms with Crippen LogP contribution in [0.1, 0.15) is 5.56 Å². The van der Waals surface area contributed by atoms with Gasteiger partial charge in [-0.15, -0.1) is 0 Å². The first kappa shape index (κ1) is 9.73. The number of benzene rings is 1. The number of hydrogen-bond donors (Lipinski definition) is 0. The average molecular weight is 217 g/mol. The molecule has 3 rings (SSSR count). The van der Waals surface area contributed by atoms with E-state index in [2.05, 4.69) is 23.1 Å². The van der Waals surface area contributed by atoms with Gasteiger partial charge in [0.25, 0.3) is 0 Å². The lowest BCUT2D eigenvalue weighted by molar-refractivity contribution is 0.0339. The Bertz CT molecular complexity index is 408. The summed E-state index contributed by atoms with van der Waals surface area (Å²) in [6, 6.07) is 8.21. The summed E-state index contributed by atoms with van der Waals surface area (Å²) in [5, 5.41) is 0. The van der Waals surface area contributed by atoms with Crippen molar-refractivity contribution in [3.05, 3.63) is 41.8 Å². The Morgan fingerprint density at radius 1 is 1.06 bits per heavy atom. The monoisotopic (exact) mass is 217 g/mol. The van der Waals surface area contributed by atoms with E-state index in [1.165, 1.54) is 5.56 Å². The van der Waals surface area contributed by atoms with Crippen LogP contribution in [0.4, 0.5) is 0 Å². The first-order valence-corrected chi connectivity index (χ1v) is 5.72. The lowest BCUT2D eigenvalue weighted by Crippen LogP contribution is -2.38. The van der Waals surface area contributed by atoms with Crippen LogP contribution < -0.4 is 4.74 Å². The quantitative estimate of drug-likeness (QED) is 0.716. The molecule has 3 heteroatoms. The van der Waals surface area contributed by atoms with E-state index in [1.54, 1.807) is 0 Å². The van der Waals surface area contributed by atoms with Crippen molar-refractivity contribution in [1.82, 2.24) is 4.90 Å². The van der Waals surface area contributed by atoms with Crippen LogP contribution in [0.15, 0.2) is 36.2 Å². The zero-order valence-corrected chi connectivity index (χ0v) is 9.19. The second kappa shape index (κ2) is 4.18. The summed E-state index contributed by atoms with van der Waals surface area (Å²) in [6.45, 7) is 3.44. The number of para-hydroxylation sites is 1. The fourth-order valence-corrected chi connectivity index (χ4v) is 2.10. The van der Waals surface area contributed by atoms with Gasteiger partial charge in [0, 0.05) is 13.1 Å². The van der Waals surface area contributed by atoms with Gasteiger partial charge in [-0.2, -0.15) is 0 Å². The molecular formula is C13H15NO2. The molecule has 0 radical (unpaired) electrons. The Hall–Kier alpha value is -1.48. The highest BCUT2D eigenvalue weighted by atomic mass is 16.5. The van der Waals surface area contributed by atoms with Gasteiger partial charge >= 0.3 is 0 Å². The zero-order valence-electron chi connectivity index (χ0n) is 9.19. The molecule has 1 aromatic carbocycles. The lowest BCUT2D eigenvalue weighted by atomic mass is 10.1. The number of ether oxygens (including phenoxy) is 2. The van der Waals surface area contributed by atoms with E-state index in [0.717, 1.165) is 44.4 Å². The van der Waals surface area contributed by atoms with E-state index in [0.29, 0.717) is 0 Å². The molecule has 3 nitrogen and oxygen atoms in total. The van der Waals surface area contributed by atoms with E-state index in [1.807, 2.05) is 12.1 Å². The average Bonchev–Trinajstić information content (AvgIpc) is 2.39. The molecule has 0 N–H and O–H groups in total. The molecule has 0 aliphatic carbocycles. The Morgan fingerprint density at radius 3 is 2.75 bits per heavy atom. The molecule has 0 amide bonds. The third-order valence-corrected chi connectivity index (χ3v) is 3.01. The summed E-state index contributed by atoms with van der Waals surface area (Å²) in [4.78, 5) is 2.25. The topological polar surface area (TPSA) is 21.7 Å². The first-order chi connectivity index (χ1) is 7.93. The number of hydrogen-bond acceptors (Lipinski definition) is 3. The normalized spacial score (nSPS) is 19.8. The van der Waals surface area contributed by atoms with E-state index >= 15 is 0 Å². The van der Waals surface area contributed by atoms with Crippen LogP contribution in [-0.2, 0) is 11.2 Å². The Morgan fingerprint density at radius 2 is 1.88 bits per heavy atom. The van der Waals surface area contributed by atoms with Gasteiger partial charge < -0.3 is 14.4 Å². The fourth-order valence-electron chi connectivity index (χ4n) is 2.10. The van der Waals surface area contributed by atoms with Gasteiger partial charge in [0.05, 0.1) is 13.2 Å². The SMILES string of the molecule is C1=C(N2CCOCC2)Oc2ccccc2C1. The Kier molecular flexibility index (Phi) is 2.54. The largest absolute Gasteiger partial charge is 0.441 e. The minimum absolute atomic E-state index is 0.794. The van der Waals surface area contributed by atoms with Gasteiger partial charge in [0.15, 0.2) is 5.88 Å². The van der Waals surface area contributed by atoms with Gasteiger partial charge in [0.2, 0.25) is 0 Å². The molecule has 0 atom stereocenters. The van der Waals surface area contributed by atoms with Crippen LogP contribution in [0.25, 0.3) is 0 Å². The van der Waals surface area contributed by atoms with Crippen molar-refractivity contribution < 1.29 is 9.47 Å². The van der Waals surface area contributed by atoms with Crippen molar-refractivity contribution in [2.45, 2.75) is 6.42 Å². The van der Waals surface area contributed by atoms with E-state index in [4.69, 9.17) is 9.47 Å². The van der Waals surface area contributed by atoms with Crippen LogP contribution in [0.2, 0.25) is 0 Å². The van der Waals surface area contributed by atoms with Crippen molar-refractivity contribution in [1.29, 1.82) is 0 Å². The van der Waals surface area contributed by atoms with Crippen molar-refractivity contribution in [3.8, 4) is 5.75 Å². The molecule has 0 spiro atoms. The molecule has 2 aliphatic heterocycles. The van der Waals surface area contributed by atoms with Gasteiger partial charge in [-0.25, -0.2) is 0 Å². The van der Waals surface area contributed by atoms with Gasteiger partial charge in [0.1, 0.15) is 5.75 Å². The molecule has 84 valence electrons. The fraction of sp³-hybridized carbons (Fsp3) is 0.385. The molecular weight excluding hydrogens is 202 g/mol. The summed E-state index contributed by atoms with van der Waals surface area (Å²) in [5.41, 5.74) is 1.26. The number of fused-ring (bicyclic) bond motifs is 1. The van der Waals surface area contributed by atoms with Crippen LogP contribution in [-0.4, -0.2) is 31.2 Å². The van der Waals surface area contributed by atoms with Crippen molar-refractivity contribution in [2.24, 2.45) is 0 Å². The maximum atomic E-state index is 5.90. The summed E-state index contributed by atoms with van der Waals surface area (Å²) in [5.74, 6) is 1.98. The van der Waals surface area contributed by atoms with Crippen LogP contribution in [0, 0.1) is 0 Å². The number of allylic oxidation sites excluding steroid dienone is 1. The highest BCUT2D eigenvalue weighted by Crippen LogP contribution is 2.27. The molecule has 0 aromatic heterocycles. The van der Waals surface area contributed by atoms with E-state index in [9.17, 15) is 0 Å². The second-order valence-electron chi connectivity index (χ2n) is 4.06.